The number of aromatic carboxylic acids is 1. The third kappa shape index (κ3) is 3.32. The van der Waals surface area contributed by atoms with Gasteiger partial charge in [0, 0.05) is 13.5 Å². The molecule has 1 aliphatic rings. The Morgan fingerprint density at radius 1 is 1.12 bits per heavy atom. The van der Waals surface area contributed by atoms with Crippen molar-refractivity contribution in [3.8, 4) is 22.6 Å². The van der Waals surface area contributed by atoms with Crippen molar-refractivity contribution in [2.45, 2.75) is 13.5 Å². The van der Waals surface area contributed by atoms with Gasteiger partial charge in [-0.25, -0.2) is 4.79 Å². The van der Waals surface area contributed by atoms with Crippen LogP contribution < -0.4 is 14.8 Å². The average molecular weight is 327 g/mol. The summed E-state index contributed by atoms with van der Waals surface area (Å²) in [6, 6.07) is 10.9. The lowest BCUT2D eigenvalue weighted by Crippen LogP contribution is -2.19. The number of benzene rings is 2. The van der Waals surface area contributed by atoms with E-state index in [2.05, 4.69) is 5.32 Å². The highest BCUT2D eigenvalue weighted by atomic mass is 16.6. The highest BCUT2D eigenvalue weighted by Gasteiger charge is 2.22. The molecule has 6 heteroatoms. The Morgan fingerprint density at radius 2 is 1.92 bits per heavy atom. The molecule has 24 heavy (non-hydrogen) atoms. The minimum atomic E-state index is -1.06. The van der Waals surface area contributed by atoms with E-state index in [9.17, 15) is 14.7 Å². The van der Waals surface area contributed by atoms with Gasteiger partial charge in [-0.1, -0.05) is 18.2 Å². The van der Waals surface area contributed by atoms with E-state index in [0.717, 1.165) is 16.7 Å². The van der Waals surface area contributed by atoms with Crippen LogP contribution in [0.3, 0.4) is 0 Å². The van der Waals surface area contributed by atoms with Crippen LogP contribution in [0.2, 0.25) is 0 Å². The standard InChI is InChI=1S/C18H17NO5/c1-11(20)19-10-12-3-2-4-13(7-12)14-8-15(18(21)22)17-16(9-14)23-5-6-24-17/h2-4,7-9H,5-6,10H2,1H3,(H,19,20)(H,21,22). The third-order valence-electron chi connectivity index (χ3n) is 3.67. The van der Waals surface area contributed by atoms with Crippen LogP contribution in [-0.4, -0.2) is 30.2 Å². The first kappa shape index (κ1) is 15.9. The van der Waals surface area contributed by atoms with Crippen molar-refractivity contribution < 1.29 is 24.2 Å². The van der Waals surface area contributed by atoms with Gasteiger partial charge in [-0.3, -0.25) is 4.79 Å². The SMILES string of the molecule is CC(=O)NCc1cccc(-c2cc3c(c(C(=O)O)c2)OCCO3)c1. The smallest absolute Gasteiger partial charge is 0.339 e. The number of nitrogens with one attached hydrogen (secondary N) is 1. The second kappa shape index (κ2) is 6.62. The summed E-state index contributed by atoms with van der Waals surface area (Å²) in [6.45, 7) is 2.60. The van der Waals surface area contributed by atoms with Gasteiger partial charge >= 0.3 is 5.97 Å². The second-order valence-corrected chi connectivity index (χ2v) is 5.46. The second-order valence-electron chi connectivity index (χ2n) is 5.46. The molecule has 0 aromatic heterocycles. The molecule has 2 N–H and O–H groups in total. The summed E-state index contributed by atoms with van der Waals surface area (Å²) in [6.07, 6.45) is 0. The van der Waals surface area contributed by atoms with E-state index in [1.165, 1.54) is 6.92 Å². The number of rotatable bonds is 4. The molecule has 0 bridgehead atoms. The van der Waals surface area contributed by atoms with Gasteiger partial charge in [-0.05, 0) is 34.9 Å². The predicted molar refractivity (Wildman–Crippen MR) is 87.3 cm³/mol. The summed E-state index contributed by atoms with van der Waals surface area (Å²) in [5.41, 5.74) is 2.57. The Hall–Kier alpha value is -3.02. The zero-order valence-corrected chi connectivity index (χ0v) is 13.2. The molecule has 6 nitrogen and oxygen atoms in total. The Bertz CT molecular complexity index is 800. The van der Waals surface area contributed by atoms with Gasteiger partial charge in [0.15, 0.2) is 11.5 Å². The number of carboxylic acids is 1. The molecule has 2 aromatic rings. The first-order chi connectivity index (χ1) is 11.5. The fourth-order valence-electron chi connectivity index (χ4n) is 2.57. The number of carbonyl (C=O) groups is 2. The zero-order chi connectivity index (χ0) is 17.1. The van der Waals surface area contributed by atoms with E-state index in [-0.39, 0.29) is 17.2 Å². The molecular weight excluding hydrogens is 310 g/mol. The highest BCUT2D eigenvalue weighted by molar-refractivity contribution is 5.94. The molecule has 0 aliphatic carbocycles. The molecule has 1 heterocycles. The van der Waals surface area contributed by atoms with E-state index in [1.807, 2.05) is 24.3 Å². The largest absolute Gasteiger partial charge is 0.486 e. The number of carboxylic acid groups (broad SMARTS) is 1. The van der Waals surface area contributed by atoms with E-state index in [1.54, 1.807) is 12.1 Å². The van der Waals surface area contributed by atoms with Gasteiger partial charge in [-0.15, -0.1) is 0 Å². The molecule has 1 aliphatic heterocycles. The van der Waals surface area contributed by atoms with E-state index < -0.39 is 5.97 Å². The summed E-state index contributed by atoms with van der Waals surface area (Å²) >= 11 is 0. The summed E-state index contributed by atoms with van der Waals surface area (Å²) in [5, 5.41) is 12.2. The molecule has 2 aromatic carbocycles. The molecule has 0 saturated carbocycles. The van der Waals surface area contributed by atoms with Crippen molar-refractivity contribution in [2.24, 2.45) is 0 Å². The topological polar surface area (TPSA) is 84.9 Å². The molecule has 124 valence electrons. The maximum absolute atomic E-state index is 11.5. The van der Waals surface area contributed by atoms with Crippen LogP contribution in [-0.2, 0) is 11.3 Å². The molecule has 0 saturated heterocycles. The lowest BCUT2D eigenvalue weighted by Gasteiger charge is -2.21. The van der Waals surface area contributed by atoms with E-state index in [4.69, 9.17) is 9.47 Å². The Balaban J connectivity index is 2.00. The van der Waals surface area contributed by atoms with Crippen molar-refractivity contribution in [3.05, 3.63) is 47.5 Å². The average Bonchev–Trinajstić information content (AvgIpc) is 2.59. The van der Waals surface area contributed by atoms with Gasteiger partial charge in [-0.2, -0.15) is 0 Å². The van der Waals surface area contributed by atoms with Crippen LogP contribution in [0.4, 0.5) is 0 Å². The number of ether oxygens (including phenoxy) is 2. The van der Waals surface area contributed by atoms with Gasteiger partial charge in [0.1, 0.15) is 18.8 Å². The quantitative estimate of drug-likeness (QED) is 0.901. The number of fused-ring (bicyclic) bond motifs is 1. The normalized spacial score (nSPS) is 12.5. The lowest BCUT2D eigenvalue weighted by atomic mass is 9.99. The van der Waals surface area contributed by atoms with Crippen LogP contribution in [0, 0.1) is 0 Å². The number of amides is 1. The lowest BCUT2D eigenvalue weighted by molar-refractivity contribution is -0.119. The summed E-state index contributed by atoms with van der Waals surface area (Å²) in [7, 11) is 0. The van der Waals surface area contributed by atoms with Crippen LogP contribution in [0.15, 0.2) is 36.4 Å². The van der Waals surface area contributed by atoms with Crippen molar-refractivity contribution in [3.63, 3.8) is 0 Å². The van der Waals surface area contributed by atoms with Gasteiger partial charge in [0.2, 0.25) is 5.91 Å². The number of hydrogen-bond acceptors (Lipinski definition) is 4. The summed E-state index contributed by atoms with van der Waals surface area (Å²) < 4.78 is 11.0. The van der Waals surface area contributed by atoms with E-state index in [0.29, 0.717) is 25.5 Å². The summed E-state index contributed by atoms with van der Waals surface area (Å²) in [4.78, 5) is 22.6. The van der Waals surface area contributed by atoms with Crippen LogP contribution >= 0.6 is 0 Å². The van der Waals surface area contributed by atoms with Crippen LogP contribution in [0.25, 0.3) is 11.1 Å². The van der Waals surface area contributed by atoms with Crippen molar-refractivity contribution in [1.29, 1.82) is 0 Å². The first-order valence-electron chi connectivity index (χ1n) is 7.55. The minimum Gasteiger partial charge on any atom is -0.486 e. The fourth-order valence-corrected chi connectivity index (χ4v) is 2.57. The monoisotopic (exact) mass is 327 g/mol. The first-order valence-corrected chi connectivity index (χ1v) is 7.55. The number of carbonyl (C=O) groups excluding carboxylic acids is 1. The molecule has 0 unspecified atom stereocenters. The molecule has 1 amide bonds. The van der Waals surface area contributed by atoms with Crippen LogP contribution in [0.5, 0.6) is 11.5 Å². The molecule has 0 atom stereocenters. The molecule has 0 spiro atoms. The van der Waals surface area contributed by atoms with Gasteiger partial charge < -0.3 is 19.9 Å². The highest BCUT2D eigenvalue weighted by Crippen LogP contribution is 2.38. The van der Waals surface area contributed by atoms with Gasteiger partial charge in [0.25, 0.3) is 0 Å². The summed E-state index contributed by atoms with van der Waals surface area (Å²) in [5.74, 6) is -0.462. The molecule has 0 fully saturated rings. The van der Waals surface area contributed by atoms with Crippen LogP contribution in [0.1, 0.15) is 22.8 Å². The molecular formula is C18H17NO5. The van der Waals surface area contributed by atoms with Crippen molar-refractivity contribution in [2.75, 3.05) is 13.2 Å². The Morgan fingerprint density at radius 3 is 2.67 bits per heavy atom. The van der Waals surface area contributed by atoms with Gasteiger partial charge in [0.05, 0.1) is 0 Å². The van der Waals surface area contributed by atoms with Crippen molar-refractivity contribution in [1.82, 2.24) is 5.32 Å². The molecule has 3 rings (SSSR count). The maximum atomic E-state index is 11.5. The third-order valence-corrected chi connectivity index (χ3v) is 3.67. The fraction of sp³-hybridized carbons (Fsp3) is 0.222. The predicted octanol–water partition coefficient (Wildman–Crippen LogP) is 2.46. The zero-order valence-electron chi connectivity index (χ0n) is 13.2. The Kier molecular flexibility index (Phi) is 4.37. The maximum Gasteiger partial charge on any atom is 0.339 e. The van der Waals surface area contributed by atoms with E-state index >= 15 is 0 Å². The Labute approximate surface area is 139 Å². The number of hydrogen-bond donors (Lipinski definition) is 2. The minimum absolute atomic E-state index is 0.0782. The molecule has 0 radical (unpaired) electrons. The van der Waals surface area contributed by atoms with Crippen molar-refractivity contribution >= 4 is 11.9 Å².